The first kappa shape index (κ1) is 10.3. The molecule has 1 atom stereocenters. The summed E-state index contributed by atoms with van der Waals surface area (Å²) in [4.78, 5) is 10.5. The molecule has 1 aliphatic rings. The second-order valence-corrected chi connectivity index (χ2v) is 3.18. The quantitative estimate of drug-likeness (QED) is 0.392. The Bertz CT molecular complexity index is 212. The molecule has 0 aromatic heterocycles. The molecule has 0 bridgehead atoms. The molecule has 0 radical (unpaired) electrons. The van der Waals surface area contributed by atoms with E-state index < -0.39 is 0 Å². The molecule has 2 N–H and O–H groups in total. The molecule has 1 rings (SSSR count). The number of carbonyl (C=O) groups excluding carboxylic acids is 1. The Morgan fingerprint density at radius 3 is 3.15 bits per heavy atom. The lowest BCUT2D eigenvalue weighted by atomic mass is 10.2. The maximum absolute atomic E-state index is 10.5. The van der Waals surface area contributed by atoms with E-state index in [0.29, 0.717) is 18.8 Å². The van der Waals surface area contributed by atoms with Gasteiger partial charge in [0.1, 0.15) is 17.7 Å². The molecule has 1 saturated heterocycles. The number of hydrogen-bond donors (Lipinski definition) is 1. The lowest BCUT2D eigenvalue weighted by Crippen LogP contribution is -2.28. The number of unbranched alkanes of at least 4 members (excludes halogenated alkanes) is 1. The van der Waals surface area contributed by atoms with E-state index in [9.17, 15) is 4.79 Å². The van der Waals surface area contributed by atoms with E-state index in [2.05, 4.69) is 6.92 Å². The van der Waals surface area contributed by atoms with Crippen molar-refractivity contribution in [3.63, 3.8) is 0 Å². The summed E-state index contributed by atoms with van der Waals surface area (Å²) in [6.45, 7) is 3.48. The predicted molar refractivity (Wildman–Crippen MR) is 49.4 cm³/mol. The minimum absolute atomic E-state index is 0.131. The van der Waals surface area contributed by atoms with Crippen molar-refractivity contribution in [2.75, 3.05) is 13.2 Å². The molecule has 74 valence electrons. The van der Waals surface area contributed by atoms with Crippen LogP contribution >= 0.6 is 0 Å². The summed E-state index contributed by atoms with van der Waals surface area (Å²) in [6, 6.07) is 0. The van der Waals surface area contributed by atoms with Crippen LogP contribution in [-0.2, 0) is 9.53 Å². The van der Waals surface area contributed by atoms with Gasteiger partial charge in [-0.05, 0) is 12.8 Å². The van der Waals surface area contributed by atoms with Gasteiger partial charge in [-0.3, -0.25) is 0 Å². The number of nitrogens with two attached hydrogens (primary N) is 1. The van der Waals surface area contributed by atoms with E-state index in [4.69, 9.17) is 10.6 Å². The van der Waals surface area contributed by atoms with Crippen LogP contribution in [0.1, 0.15) is 26.2 Å². The number of nitrogens with zero attached hydrogens (tertiary/aromatic N) is 1. The van der Waals surface area contributed by atoms with Gasteiger partial charge in [-0.25, -0.2) is 10.6 Å². The molecule has 0 aromatic carbocycles. The molecule has 0 aromatic rings. The zero-order valence-electron chi connectivity index (χ0n) is 7.95. The Hall–Kier alpha value is -0.830. The fraction of sp³-hybridized carbons (Fsp3) is 0.778. The van der Waals surface area contributed by atoms with Gasteiger partial charge in [-0.1, -0.05) is 13.3 Å². The van der Waals surface area contributed by atoms with Gasteiger partial charge in [-0.2, -0.15) is 0 Å². The van der Waals surface area contributed by atoms with Crippen LogP contribution in [0.15, 0.2) is 5.70 Å². The zero-order valence-corrected chi connectivity index (χ0v) is 7.95. The molecule has 4 nitrogen and oxygen atoms in total. The Balaban J connectivity index is 2.38. The lowest BCUT2D eigenvalue weighted by Gasteiger charge is -2.13. The molecule has 0 amide bonds. The first-order valence-electron chi connectivity index (χ1n) is 4.68. The van der Waals surface area contributed by atoms with Crippen molar-refractivity contribution in [2.24, 2.45) is 5.84 Å². The second kappa shape index (κ2) is 5.02. The third-order valence-corrected chi connectivity index (χ3v) is 2.17. The molecule has 13 heavy (non-hydrogen) atoms. The van der Waals surface area contributed by atoms with Crippen LogP contribution in [0.25, 0.3) is 0 Å². The molecule has 4 heteroatoms. The van der Waals surface area contributed by atoms with E-state index in [-0.39, 0.29) is 6.10 Å². The summed E-state index contributed by atoms with van der Waals surface area (Å²) in [7, 11) is 0. The van der Waals surface area contributed by atoms with E-state index >= 15 is 0 Å². The highest BCUT2D eigenvalue weighted by molar-refractivity contribution is 5.54. The first-order valence-corrected chi connectivity index (χ1v) is 4.68. The van der Waals surface area contributed by atoms with Crippen LogP contribution in [-0.4, -0.2) is 30.2 Å². The smallest absolute Gasteiger partial charge is 0.150 e. The monoisotopic (exact) mass is 184 g/mol. The Morgan fingerprint density at radius 2 is 2.54 bits per heavy atom. The SMILES string of the molecule is CCCCOC1CCN(N)C1=C=O. The fourth-order valence-corrected chi connectivity index (χ4v) is 1.36. The second-order valence-electron chi connectivity index (χ2n) is 3.18. The lowest BCUT2D eigenvalue weighted by molar-refractivity contribution is 0.0784. The highest BCUT2D eigenvalue weighted by atomic mass is 16.5. The van der Waals surface area contributed by atoms with Crippen molar-refractivity contribution in [3.05, 3.63) is 5.70 Å². The van der Waals surface area contributed by atoms with Crippen molar-refractivity contribution >= 4 is 5.94 Å². The summed E-state index contributed by atoms with van der Waals surface area (Å²) in [6.07, 6.45) is 2.78. The average Bonchev–Trinajstić information content (AvgIpc) is 2.47. The van der Waals surface area contributed by atoms with Gasteiger partial charge >= 0.3 is 0 Å². The molecule has 1 heterocycles. The van der Waals surface area contributed by atoms with Crippen LogP contribution in [0.4, 0.5) is 0 Å². The van der Waals surface area contributed by atoms with Gasteiger partial charge in [0.05, 0.1) is 0 Å². The average molecular weight is 184 g/mol. The minimum Gasteiger partial charge on any atom is -0.371 e. The van der Waals surface area contributed by atoms with Crippen molar-refractivity contribution in [1.82, 2.24) is 5.01 Å². The Labute approximate surface area is 78.3 Å². The summed E-state index contributed by atoms with van der Waals surface area (Å²) in [5, 5.41) is 1.42. The van der Waals surface area contributed by atoms with Gasteiger partial charge in [0.25, 0.3) is 0 Å². The van der Waals surface area contributed by atoms with Gasteiger partial charge in [0, 0.05) is 13.2 Å². The van der Waals surface area contributed by atoms with Gasteiger partial charge in [-0.15, -0.1) is 0 Å². The molecule has 0 spiro atoms. The van der Waals surface area contributed by atoms with Gasteiger partial charge < -0.3 is 9.75 Å². The molecular weight excluding hydrogens is 168 g/mol. The fourth-order valence-electron chi connectivity index (χ4n) is 1.36. The van der Waals surface area contributed by atoms with E-state index in [1.165, 1.54) is 5.01 Å². The van der Waals surface area contributed by atoms with Crippen molar-refractivity contribution in [3.8, 4) is 0 Å². The summed E-state index contributed by atoms with van der Waals surface area (Å²) >= 11 is 0. The molecule has 0 aliphatic carbocycles. The van der Waals surface area contributed by atoms with Crippen LogP contribution in [0.2, 0.25) is 0 Å². The molecule has 1 unspecified atom stereocenters. The zero-order chi connectivity index (χ0) is 9.68. The van der Waals surface area contributed by atoms with Crippen molar-refractivity contribution in [2.45, 2.75) is 32.3 Å². The van der Waals surface area contributed by atoms with Crippen molar-refractivity contribution in [1.29, 1.82) is 0 Å². The van der Waals surface area contributed by atoms with Crippen molar-refractivity contribution < 1.29 is 9.53 Å². The normalized spacial score (nSPS) is 22.2. The van der Waals surface area contributed by atoms with Crippen LogP contribution in [0.3, 0.4) is 0 Å². The highest BCUT2D eigenvalue weighted by Crippen LogP contribution is 2.19. The standard InChI is InChI=1S/C9H16N2O2/c1-2-3-6-13-9-4-5-11(10)8(9)7-12/h9H,2-6,10H2,1H3. The largest absolute Gasteiger partial charge is 0.371 e. The Kier molecular flexibility index (Phi) is 3.96. The van der Waals surface area contributed by atoms with Gasteiger partial charge in [0.2, 0.25) is 0 Å². The third kappa shape index (κ3) is 2.56. The number of hydrogen-bond acceptors (Lipinski definition) is 4. The minimum atomic E-state index is -0.131. The van der Waals surface area contributed by atoms with Crippen LogP contribution in [0.5, 0.6) is 0 Å². The highest BCUT2D eigenvalue weighted by Gasteiger charge is 2.27. The molecule has 1 fully saturated rings. The van der Waals surface area contributed by atoms with Crippen LogP contribution in [0, 0.1) is 0 Å². The maximum Gasteiger partial charge on any atom is 0.150 e. The summed E-state index contributed by atoms with van der Waals surface area (Å²) in [5.74, 6) is 7.37. The van der Waals surface area contributed by atoms with Crippen LogP contribution < -0.4 is 5.84 Å². The summed E-state index contributed by atoms with van der Waals surface area (Å²) in [5.41, 5.74) is 0.455. The number of ether oxygens (including phenoxy) is 1. The molecule has 0 saturated carbocycles. The maximum atomic E-state index is 10.5. The topological polar surface area (TPSA) is 55.6 Å². The van der Waals surface area contributed by atoms with E-state index in [1.54, 1.807) is 0 Å². The number of hydrazine groups is 1. The first-order chi connectivity index (χ1) is 6.29. The number of rotatable bonds is 4. The van der Waals surface area contributed by atoms with Gasteiger partial charge in [0.15, 0.2) is 0 Å². The molecular formula is C9H16N2O2. The summed E-state index contributed by atoms with van der Waals surface area (Å²) < 4.78 is 5.50. The third-order valence-electron chi connectivity index (χ3n) is 2.17. The van der Waals surface area contributed by atoms with E-state index in [1.807, 2.05) is 5.94 Å². The predicted octanol–water partition coefficient (Wildman–Crippen LogP) is 0.467. The molecule has 1 aliphatic heterocycles. The Morgan fingerprint density at radius 1 is 1.77 bits per heavy atom. The van der Waals surface area contributed by atoms with E-state index in [0.717, 1.165) is 19.3 Å².